The summed E-state index contributed by atoms with van der Waals surface area (Å²) >= 11 is 0. The molecule has 0 saturated carbocycles. The predicted molar refractivity (Wildman–Crippen MR) is 124 cm³/mol. The molecule has 0 amide bonds. The van der Waals surface area contributed by atoms with E-state index in [-0.39, 0.29) is 102 Å². The van der Waals surface area contributed by atoms with Gasteiger partial charge in [0.25, 0.3) is 0 Å². The summed E-state index contributed by atoms with van der Waals surface area (Å²) in [5.41, 5.74) is 0. The van der Waals surface area contributed by atoms with E-state index in [9.17, 15) is 19.2 Å². The van der Waals surface area contributed by atoms with Gasteiger partial charge in [0.2, 0.25) is 0 Å². The van der Waals surface area contributed by atoms with E-state index in [4.69, 9.17) is 30.3 Å². The molecular weight excluding hydrogens is 473 g/mol. The molecule has 0 aliphatic rings. The Morgan fingerprint density at radius 2 is 1.03 bits per heavy atom. The number of aliphatic hydroxyl groups is 1. The number of benzene rings is 1. The van der Waals surface area contributed by atoms with Crippen molar-refractivity contribution >= 4 is 113 Å². The fourth-order valence-electron chi connectivity index (χ4n) is 2.17. The summed E-state index contributed by atoms with van der Waals surface area (Å²) in [5.74, 6) is -4.22. The third-order valence-electron chi connectivity index (χ3n) is 3.22. The molecule has 0 bridgehead atoms. The minimum absolute atomic E-state index is 0. The van der Waals surface area contributed by atoms with Crippen molar-refractivity contribution in [2.75, 3.05) is 39.3 Å². The van der Waals surface area contributed by atoms with Crippen LogP contribution in [0.3, 0.4) is 0 Å². The van der Waals surface area contributed by atoms with Crippen molar-refractivity contribution in [2.45, 2.75) is 13.2 Å². The Balaban J connectivity index is -0.000000275. The van der Waals surface area contributed by atoms with Crippen molar-refractivity contribution in [1.29, 1.82) is 0 Å². The molecule has 0 aliphatic carbocycles. The van der Waals surface area contributed by atoms with Crippen LogP contribution < -0.4 is 4.74 Å². The Labute approximate surface area is 257 Å². The number of para-hydroxylation sites is 1. The second-order valence-corrected chi connectivity index (χ2v) is 6.03. The van der Waals surface area contributed by atoms with Crippen LogP contribution in [0.15, 0.2) is 30.3 Å². The van der Waals surface area contributed by atoms with Crippen molar-refractivity contribution in [1.82, 2.24) is 9.80 Å². The van der Waals surface area contributed by atoms with Crippen LogP contribution in [-0.4, -0.2) is 193 Å². The SMILES string of the molecule is CC(O)Oc1ccccc1.O=C(O)CN(CCN(CC(=O)O)CC(=O)O)CC(=O)O.[NaH].[NaH].[NaH]. The Bertz CT molecular complexity index is 627. The fraction of sp³-hybridized carbons (Fsp3) is 0.444. The van der Waals surface area contributed by atoms with Crippen molar-refractivity contribution in [2.24, 2.45) is 0 Å². The van der Waals surface area contributed by atoms with Gasteiger partial charge in [-0.15, -0.1) is 0 Å². The molecule has 0 aliphatic heterocycles. The molecule has 0 aromatic heterocycles. The molecule has 0 saturated heterocycles. The fourth-order valence-corrected chi connectivity index (χ4v) is 2.17. The molecule has 12 nitrogen and oxygen atoms in total. The van der Waals surface area contributed by atoms with Crippen LogP contribution in [0.5, 0.6) is 5.75 Å². The second-order valence-electron chi connectivity index (χ2n) is 6.03. The molecule has 1 aromatic rings. The number of carboxylic acids is 4. The van der Waals surface area contributed by atoms with Crippen LogP contribution in [0.2, 0.25) is 0 Å². The van der Waals surface area contributed by atoms with Crippen molar-refractivity contribution < 1.29 is 49.4 Å². The summed E-state index contributed by atoms with van der Waals surface area (Å²) in [6.07, 6.45) is -0.734. The van der Waals surface area contributed by atoms with E-state index < -0.39 is 56.3 Å². The van der Waals surface area contributed by atoms with Gasteiger partial charge in [-0.25, -0.2) is 0 Å². The van der Waals surface area contributed by atoms with E-state index in [1.54, 1.807) is 19.1 Å². The molecule has 174 valence electrons. The first-order chi connectivity index (χ1) is 14.0. The third kappa shape index (κ3) is 26.2. The summed E-state index contributed by atoms with van der Waals surface area (Å²) in [6, 6.07) is 9.21. The number of aliphatic carboxylic acids is 4. The average Bonchev–Trinajstić information content (AvgIpc) is 2.58. The number of hydrogen-bond donors (Lipinski definition) is 5. The zero-order chi connectivity index (χ0) is 23.1. The third-order valence-corrected chi connectivity index (χ3v) is 3.22. The van der Waals surface area contributed by atoms with Crippen molar-refractivity contribution in [3.8, 4) is 5.75 Å². The van der Waals surface area contributed by atoms with Gasteiger partial charge in [0, 0.05) is 13.1 Å². The van der Waals surface area contributed by atoms with E-state index in [1.807, 2.05) is 18.2 Å². The topological polar surface area (TPSA) is 185 Å². The van der Waals surface area contributed by atoms with E-state index in [0.717, 1.165) is 9.80 Å². The molecule has 0 radical (unpaired) electrons. The molecule has 1 aromatic carbocycles. The Morgan fingerprint density at radius 1 is 0.727 bits per heavy atom. The number of aliphatic hydroxyl groups excluding tert-OH is 1. The van der Waals surface area contributed by atoms with Gasteiger partial charge in [-0.1, -0.05) is 18.2 Å². The molecule has 1 rings (SSSR count). The Kier molecular flexibility index (Phi) is 28.5. The van der Waals surface area contributed by atoms with Gasteiger partial charge in [-0.05, 0) is 19.1 Å². The minimum atomic E-state index is -1.23. The van der Waals surface area contributed by atoms with Gasteiger partial charge in [-0.2, -0.15) is 0 Å². The number of nitrogens with zero attached hydrogens (tertiary/aromatic N) is 2. The number of hydrogen-bond acceptors (Lipinski definition) is 8. The van der Waals surface area contributed by atoms with Crippen LogP contribution >= 0.6 is 0 Å². The van der Waals surface area contributed by atoms with E-state index >= 15 is 0 Å². The van der Waals surface area contributed by atoms with Gasteiger partial charge in [0.1, 0.15) is 5.75 Å². The maximum absolute atomic E-state index is 10.6. The zero-order valence-electron chi connectivity index (χ0n) is 16.4. The predicted octanol–water partition coefficient (Wildman–Crippen LogP) is -2.61. The molecule has 33 heavy (non-hydrogen) atoms. The number of rotatable bonds is 13. The summed E-state index contributed by atoms with van der Waals surface area (Å²) in [5, 5.41) is 43.2. The summed E-state index contributed by atoms with van der Waals surface area (Å²) in [6.45, 7) is -0.674. The van der Waals surface area contributed by atoms with Gasteiger partial charge < -0.3 is 30.3 Å². The monoisotopic (exact) mass is 502 g/mol. The zero-order valence-corrected chi connectivity index (χ0v) is 16.4. The maximum atomic E-state index is 10.6. The van der Waals surface area contributed by atoms with E-state index in [0.29, 0.717) is 5.75 Å². The summed E-state index contributed by atoms with van der Waals surface area (Å²) < 4.78 is 4.97. The quantitative estimate of drug-likeness (QED) is 0.140. The van der Waals surface area contributed by atoms with Gasteiger partial charge >= 0.3 is 113 Å². The van der Waals surface area contributed by atoms with Crippen LogP contribution in [0.1, 0.15) is 6.92 Å². The summed E-state index contributed by atoms with van der Waals surface area (Å²) in [4.78, 5) is 44.4. The van der Waals surface area contributed by atoms with Gasteiger partial charge in [-0.3, -0.25) is 29.0 Å². The number of carbonyl (C=O) groups is 4. The Hall–Kier alpha value is -0.220. The number of carboxylic acid groups (broad SMARTS) is 4. The average molecular weight is 502 g/mol. The Morgan fingerprint density at radius 3 is 1.27 bits per heavy atom. The van der Waals surface area contributed by atoms with Crippen molar-refractivity contribution in [3.63, 3.8) is 0 Å². The molecule has 1 atom stereocenters. The van der Waals surface area contributed by atoms with Crippen LogP contribution in [-0.2, 0) is 19.2 Å². The summed E-state index contributed by atoms with van der Waals surface area (Å²) in [7, 11) is 0. The standard InChI is InChI=1S/C10H16N2O8.C8H10O2.3Na.3H/c13-7(14)3-11(4-8(15)16)1-2-12(5-9(17)18)6-10(19)20;1-7(9)10-8-5-3-2-4-6-8;;;;;;/h1-6H2,(H,13,14)(H,15,16)(H,17,18)(H,19,20);2-7,9H,1H3;;;;;;. The van der Waals surface area contributed by atoms with E-state index in [1.165, 1.54) is 0 Å². The molecule has 15 heteroatoms. The molecule has 0 heterocycles. The first-order valence-electron chi connectivity index (χ1n) is 8.71. The van der Waals surface area contributed by atoms with Crippen LogP contribution in [0.25, 0.3) is 0 Å². The first-order valence-corrected chi connectivity index (χ1v) is 8.71. The van der Waals surface area contributed by atoms with Crippen LogP contribution in [0.4, 0.5) is 0 Å². The van der Waals surface area contributed by atoms with Gasteiger partial charge in [0.15, 0.2) is 6.29 Å². The molecule has 5 N–H and O–H groups in total. The molecule has 0 fully saturated rings. The normalized spacial score (nSPS) is 10.3. The molecule has 0 spiro atoms. The van der Waals surface area contributed by atoms with Crippen LogP contribution in [0, 0.1) is 0 Å². The molecular formula is C18H29N2Na3O10. The second kappa shape index (κ2) is 23.5. The van der Waals surface area contributed by atoms with E-state index in [2.05, 4.69) is 0 Å². The van der Waals surface area contributed by atoms with Gasteiger partial charge in [0.05, 0.1) is 26.2 Å². The first kappa shape index (κ1) is 40.0. The number of ether oxygens (including phenoxy) is 1. The van der Waals surface area contributed by atoms with Crippen molar-refractivity contribution in [3.05, 3.63) is 30.3 Å². The molecule has 1 unspecified atom stereocenters.